The third-order valence-corrected chi connectivity index (χ3v) is 4.32. The third kappa shape index (κ3) is 3.61. The van der Waals surface area contributed by atoms with E-state index in [2.05, 4.69) is 40.8 Å². The second kappa shape index (κ2) is 6.58. The summed E-state index contributed by atoms with van der Waals surface area (Å²) in [4.78, 5) is 9.59. The Bertz CT molecular complexity index is 414. The number of aromatic nitrogens is 1. The molecule has 1 aromatic heterocycles. The first-order valence-electron chi connectivity index (χ1n) is 7.16. The van der Waals surface area contributed by atoms with Crippen LogP contribution in [0.25, 0.3) is 0 Å². The normalized spacial score (nSPS) is 18.6. The predicted octanol–water partition coefficient (Wildman–Crippen LogP) is 3.05. The molecular weight excluding hydrogens is 258 g/mol. The van der Waals surface area contributed by atoms with Crippen LogP contribution in [0.15, 0.2) is 12.1 Å². The van der Waals surface area contributed by atoms with Crippen LogP contribution in [-0.4, -0.2) is 42.1 Å². The SMILES string of the molecule is CCC(C)N1CCN(c2cc(CCl)cc(C)n2)CC1. The van der Waals surface area contributed by atoms with Crippen LogP contribution in [0.2, 0.25) is 0 Å². The first-order valence-corrected chi connectivity index (χ1v) is 7.70. The molecule has 1 aromatic rings. The van der Waals surface area contributed by atoms with Crippen LogP contribution in [0.1, 0.15) is 31.5 Å². The van der Waals surface area contributed by atoms with Gasteiger partial charge in [0.25, 0.3) is 0 Å². The summed E-state index contributed by atoms with van der Waals surface area (Å²) in [5.41, 5.74) is 2.21. The number of piperazine rings is 1. The Morgan fingerprint density at radius 3 is 2.53 bits per heavy atom. The molecule has 0 aromatic carbocycles. The van der Waals surface area contributed by atoms with Gasteiger partial charge in [0.2, 0.25) is 0 Å². The minimum absolute atomic E-state index is 0.559. The molecule has 0 aliphatic carbocycles. The van der Waals surface area contributed by atoms with Crippen LogP contribution in [-0.2, 0) is 5.88 Å². The Morgan fingerprint density at radius 1 is 1.26 bits per heavy atom. The molecule has 0 spiro atoms. The lowest BCUT2D eigenvalue weighted by Gasteiger charge is -2.38. The van der Waals surface area contributed by atoms with Crippen molar-refractivity contribution in [3.8, 4) is 0 Å². The van der Waals surface area contributed by atoms with Crippen LogP contribution in [0.4, 0.5) is 5.82 Å². The van der Waals surface area contributed by atoms with Gasteiger partial charge in [-0.2, -0.15) is 0 Å². The van der Waals surface area contributed by atoms with Crippen LogP contribution in [0, 0.1) is 6.92 Å². The number of halogens is 1. The van der Waals surface area contributed by atoms with Gasteiger partial charge in [-0.15, -0.1) is 11.6 Å². The molecule has 0 saturated carbocycles. The molecule has 0 amide bonds. The molecule has 0 N–H and O–H groups in total. The van der Waals surface area contributed by atoms with Gasteiger partial charge in [0, 0.05) is 43.8 Å². The van der Waals surface area contributed by atoms with Gasteiger partial charge in [-0.3, -0.25) is 4.90 Å². The summed E-state index contributed by atoms with van der Waals surface area (Å²) < 4.78 is 0. The molecule has 4 heteroatoms. The fraction of sp³-hybridized carbons (Fsp3) is 0.667. The Kier molecular flexibility index (Phi) is 5.06. The monoisotopic (exact) mass is 281 g/mol. The molecule has 1 aliphatic heterocycles. The number of aryl methyl sites for hydroxylation is 1. The molecule has 1 unspecified atom stereocenters. The van der Waals surface area contributed by atoms with E-state index in [0.717, 1.165) is 43.3 Å². The predicted molar refractivity (Wildman–Crippen MR) is 82.1 cm³/mol. The number of anilines is 1. The standard InChI is InChI=1S/C15H24ClN3/c1-4-13(3)18-5-7-19(8-6-18)15-10-14(11-16)9-12(2)17-15/h9-10,13H,4-8,11H2,1-3H3. The fourth-order valence-corrected chi connectivity index (χ4v) is 2.76. The highest BCUT2D eigenvalue weighted by molar-refractivity contribution is 6.17. The molecule has 1 saturated heterocycles. The minimum Gasteiger partial charge on any atom is -0.354 e. The van der Waals surface area contributed by atoms with Gasteiger partial charge in [0.05, 0.1) is 0 Å². The van der Waals surface area contributed by atoms with E-state index in [0.29, 0.717) is 11.9 Å². The second-order valence-corrected chi connectivity index (χ2v) is 5.66. The smallest absolute Gasteiger partial charge is 0.129 e. The van der Waals surface area contributed by atoms with Crippen LogP contribution in [0.3, 0.4) is 0 Å². The summed E-state index contributed by atoms with van der Waals surface area (Å²) in [6.45, 7) is 11.0. The Hall–Kier alpha value is -0.800. The molecule has 1 fully saturated rings. The lowest BCUT2D eigenvalue weighted by Crippen LogP contribution is -2.49. The highest BCUT2D eigenvalue weighted by Gasteiger charge is 2.21. The summed E-state index contributed by atoms with van der Waals surface area (Å²) in [5.74, 6) is 1.64. The van der Waals surface area contributed by atoms with Crippen molar-refractivity contribution in [3.63, 3.8) is 0 Å². The van der Waals surface area contributed by atoms with Crippen LogP contribution in [0.5, 0.6) is 0 Å². The molecule has 1 atom stereocenters. The third-order valence-electron chi connectivity index (χ3n) is 4.01. The summed E-state index contributed by atoms with van der Waals surface area (Å²) in [6, 6.07) is 4.87. The maximum absolute atomic E-state index is 5.94. The highest BCUT2D eigenvalue weighted by atomic mass is 35.5. The topological polar surface area (TPSA) is 19.4 Å². The van der Waals surface area contributed by atoms with Crippen molar-refractivity contribution < 1.29 is 0 Å². The Labute approximate surface area is 121 Å². The molecule has 19 heavy (non-hydrogen) atoms. The van der Waals surface area contributed by atoms with Gasteiger partial charge in [0.1, 0.15) is 5.82 Å². The maximum atomic E-state index is 5.94. The van der Waals surface area contributed by atoms with Crippen molar-refractivity contribution in [2.45, 2.75) is 39.1 Å². The zero-order chi connectivity index (χ0) is 13.8. The van der Waals surface area contributed by atoms with Gasteiger partial charge in [0.15, 0.2) is 0 Å². The molecule has 2 heterocycles. The quantitative estimate of drug-likeness (QED) is 0.791. The zero-order valence-corrected chi connectivity index (χ0v) is 13.0. The fourth-order valence-electron chi connectivity index (χ4n) is 2.61. The number of rotatable bonds is 4. The lowest BCUT2D eigenvalue weighted by molar-refractivity contribution is 0.192. The van der Waals surface area contributed by atoms with Crippen molar-refractivity contribution in [3.05, 3.63) is 23.4 Å². The summed E-state index contributed by atoms with van der Waals surface area (Å²) in [7, 11) is 0. The van der Waals surface area contributed by atoms with E-state index in [-0.39, 0.29) is 0 Å². The van der Waals surface area contributed by atoms with Gasteiger partial charge in [-0.05, 0) is 38.0 Å². The van der Waals surface area contributed by atoms with E-state index in [1.165, 1.54) is 6.42 Å². The molecule has 0 bridgehead atoms. The van der Waals surface area contributed by atoms with Crippen molar-refractivity contribution in [1.82, 2.24) is 9.88 Å². The summed E-state index contributed by atoms with van der Waals surface area (Å²) >= 11 is 5.94. The molecule has 2 rings (SSSR count). The lowest BCUT2D eigenvalue weighted by atomic mass is 10.2. The van der Waals surface area contributed by atoms with Crippen LogP contribution < -0.4 is 4.90 Å². The number of hydrogen-bond donors (Lipinski definition) is 0. The first kappa shape index (κ1) is 14.6. The van der Waals surface area contributed by atoms with Crippen molar-refractivity contribution in [2.75, 3.05) is 31.1 Å². The second-order valence-electron chi connectivity index (χ2n) is 5.39. The van der Waals surface area contributed by atoms with E-state index in [4.69, 9.17) is 11.6 Å². The van der Waals surface area contributed by atoms with Gasteiger partial charge in [-0.1, -0.05) is 6.92 Å². The van der Waals surface area contributed by atoms with E-state index < -0.39 is 0 Å². The average molecular weight is 282 g/mol. The zero-order valence-electron chi connectivity index (χ0n) is 12.2. The van der Waals surface area contributed by atoms with Crippen molar-refractivity contribution in [2.24, 2.45) is 0 Å². The van der Waals surface area contributed by atoms with Gasteiger partial charge >= 0.3 is 0 Å². The van der Waals surface area contributed by atoms with E-state index in [1.807, 2.05) is 6.92 Å². The van der Waals surface area contributed by atoms with E-state index in [9.17, 15) is 0 Å². The highest BCUT2D eigenvalue weighted by Crippen LogP contribution is 2.19. The number of hydrogen-bond acceptors (Lipinski definition) is 3. The Morgan fingerprint density at radius 2 is 1.95 bits per heavy atom. The summed E-state index contributed by atoms with van der Waals surface area (Å²) in [5, 5.41) is 0. The number of alkyl halides is 1. The van der Waals surface area contributed by atoms with E-state index in [1.54, 1.807) is 0 Å². The van der Waals surface area contributed by atoms with Crippen LogP contribution >= 0.6 is 11.6 Å². The largest absolute Gasteiger partial charge is 0.354 e. The number of nitrogens with zero attached hydrogens (tertiary/aromatic N) is 3. The van der Waals surface area contributed by atoms with E-state index >= 15 is 0 Å². The molecule has 1 aliphatic rings. The molecule has 106 valence electrons. The molecule has 3 nitrogen and oxygen atoms in total. The first-order chi connectivity index (χ1) is 9.13. The summed E-state index contributed by atoms with van der Waals surface area (Å²) in [6.07, 6.45) is 1.22. The average Bonchev–Trinajstić information content (AvgIpc) is 2.46. The molecule has 0 radical (unpaired) electrons. The number of pyridine rings is 1. The van der Waals surface area contributed by atoms with Crippen molar-refractivity contribution in [1.29, 1.82) is 0 Å². The maximum Gasteiger partial charge on any atom is 0.129 e. The van der Waals surface area contributed by atoms with Gasteiger partial charge in [-0.25, -0.2) is 4.98 Å². The minimum atomic E-state index is 0.559. The van der Waals surface area contributed by atoms with Crippen molar-refractivity contribution >= 4 is 17.4 Å². The van der Waals surface area contributed by atoms with Gasteiger partial charge < -0.3 is 4.90 Å². The molecular formula is C15H24ClN3. The Balaban J connectivity index is 2.03.